The van der Waals surface area contributed by atoms with E-state index in [0.717, 1.165) is 22.5 Å². The van der Waals surface area contributed by atoms with E-state index < -0.39 is 80.9 Å². The van der Waals surface area contributed by atoms with Gasteiger partial charge in [-0.3, -0.25) is 0 Å². The van der Waals surface area contributed by atoms with E-state index in [1.807, 2.05) is 0 Å². The van der Waals surface area contributed by atoms with Crippen LogP contribution in [0.25, 0.3) is 0 Å². The predicted molar refractivity (Wildman–Crippen MR) is 98.6 cm³/mol. The average Bonchev–Trinajstić information content (AvgIpc) is 2.63. The molecule has 0 saturated heterocycles. The van der Waals surface area contributed by atoms with E-state index in [-0.39, 0.29) is 42.8 Å². The Labute approximate surface area is 190 Å². The van der Waals surface area contributed by atoms with Crippen LogP contribution in [0.5, 0.6) is 0 Å². The molecule has 0 unspecified atom stereocenters. The molecule has 0 spiro atoms. The van der Waals surface area contributed by atoms with Crippen molar-refractivity contribution in [1.82, 2.24) is 0 Å². The van der Waals surface area contributed by atoms with Gasteiger partial charge in [-0.05, 0) is 0 Å². The Morgan fingerprint density at radius 2 is 0.750 bits per heavy atom. The molecule has 3 rings (SSSR count). The van der Waals surface area contributed by atoms with Gasteiger partial charge in [0.1, 0.15) is 0 Å². The third-order valence-electron chi connectivity index (χ3n) is 5.03. The first-order chi connectivity index (χ1) is 15.0. The zero-order valence-corrected chi connectivity index (χ0v) is 18.8. The molecule has 0 saturated carbocycles. The van der Waals surface area contributed by atoms with Gasteiger partial charge in [-0.25, -0.2) is 0 Å². The van der Waals surface area contributed by atoms with Crippen molar-refractivity contribution < 1.29 is 39.5 Å². The summed E-state index contributed by atoms with van der Waals surface area (Å²) in [6, 6.07) is 1.10. The molecule has 0 atom stereocenters. The summed E-state index contributed by atoms with van der Waals surface area (Å²) in [5, 5.41) is 0. The molecule has 167 valence electrons. The molecule has 3 radical (unpaired) electrons. The third kappa shape index (κ3) is 4.23. The van der Waals surface area contributed by atoms with Gasteiger partial charge in [-0.15, -0.1) is 0 Å². The minimum atomic E-state index is -2.89. The zero-order chi connectivity index (χ0) is 23.8. The molecular weight excluding hydrogens is 554 g/mol. The van der Waals surface area contributed by atoms with Crippen molar-refractivity contribution >= 4 is 22.5 Å². The second-order valence-corrected chi connectivity index (χ2v) is 8.42. The minimum absolute atomic E-state index is 0.0406. The summed E-state index contributed by atoms with van der Waals surface area (Å²) in [6.45, 7) is 0. The molecule has 0 aliphatic carbocycles. The molecule has 32 heavy (non-hydrogen) atoms. The molecule has 3 aromatic rings. The molecule has 0 aromatic heterocycles. The molecule has 0 nitrogen and oxygen atoms in total. The van der Waals surface area contributed by atoms with Crippen molar-refractivity contribution in [2.75, 3.05) is 0 Å². The Morgan fingerprint density at radius 1 is 0.500 bits per heavy atom. The van der Waals surface area contributed by atoms with Gasteiger partial charge in [-0.2, -0.15) is 0 Å². The molecule has 10 heteroatoms. The van der Waals surface area contributed by atoms with E-state index in [9.17, 15) is 39.5 Å². The fourth-order valence-corrected chi connectivity index (χ4v) is 4.46. The molecule has 0 aliphatic rings. The van der Waals surface area contributed by atoms with Crippen LogP contribution in [-0.4, -0.2) is 22.5 Å². The fourth-order valence-electron chi connectivity index (χ4n) is 3.95. The normalized spacial score (nSPS) is 11.8. The van der Waals surface area contributed by atoms with Crippen LogP contribution in [0, 0.1) is 52.4 Å². The van der Waals surface area contributed by atoms with Crippen LogP contribution < -0.4 is 0 Å². The predicted octanol–water partition coefficient (Wildman–Crippen LogP) is 6.64. The van der Waals surface area contributed by atoms with Crippen molar-refractivity contribution in [1.29, 1.82) is 0 Å². The van der Waals surface area contributed by atoms with E-state index >= 15 is 0 Å². The number of benzene rings is 3. The van der Waals surface area contributed by atoms with Crippen molar-refractivity contribution in [2.45, 2.75) is 22.7 Å². The van der Waals surface area contributed by atoms with Crippen molar-refractivity contribution in [3.05, 3.63) is 105 Å². The summed E-state index contributed by atoms with van der Waals surface area (Å²) in [4.78, 5) is 0. The Hall–Kier alpha value is -2.17. The van der Waals surface area contributed by atoms with Gasteiger partial charge in [-0.1, -0.05) is 0 Å². The van der Waals surface area contributed by atoms with E-state index in [1.54, 1.807) is 0 Å². The first-order valence-corrected chi connectivity index (χ1v) is 11.1. The molecule has 3 aromatic carbocycles. The summed E-state index contributed by atoms with van der Waals surface area (Å²) in [7, 11) is 0. The van der Waals surface area contributed by atoms with Gasteiger partial charge in [0.2, 0.25) is 0 Å². The van der Waals surface area contributed by atoms with Gasteiger partial charge in [0.05, 0.1) is 0 Å². The Balaban J connectivity index is 2.62. The molecular formula is C22H12F9Sn. The van der Waals surface area contributed by atoms with E-state index in [2.05, 4.69) is 0 Å². The molecule has 0 heterocycles. The van der Waals surface area contributed by atoms with Crippen LogP contribution in [-0.2, 0) is 5.41 Å². The van der Waals surface area contributed by atoms with Gasteiger partial charge in [0.25, 0.3) is 0 Å². The molecule has 0 aliphatic heterocycles. The van der Waals surface area contributed by atoms with Gasteiger partial charge in [0.15, 0.2) is 0 Å². The Kier molecular flexibility index (Phi) is 7.16. The van der Waals surface area contributed by atoms with E-state index in [4.69, 9.17) is 0 Å². The van der Waals surface area contributed by atoms with Crippen LogP contribution in [0.2, 0.25) is 4.44 Å². The van der Waals surface area contributed by atoms with E-state index in [0.29, 0.717) is 4.44 Å². The summed E-state index contributed by atoms with van der Waals surface area (Å²) < 4.78 is 131. The molecule has 0 fully saturated rings. The first kappa shape index (κ1) is 24.5. The SMILES string of the molecule is Fc1cc(F)c(C(CC[CH2][Sn])(c2c(F)cc(F)cc2F)c2c(F)cc(F)cc2F)c(F)c1. The second-order valence-electron chi connectivity index (χ2n) is 6.99. The average molecular weight is 566 g/mol. The summed E-state index contributed by atoms with van der Waals surface area (Å²) in [6.07, 6.45) is -0.697. The summed E-state index contributed by atoms with van der Waals surface area (Å²) in [5.74, 6) is -14.3. The van der Waals surface area contributed by atoms with Crippen molar-refractivity contribution in [3.8, 4) is 0 Å². The zero-order valence-electron chi connectivity index (χ0n) is 16.0. The number of hydrogen-bond acceptors (Lipinski definition) is 0. The van der Waals surface area contributed by atoms with E-state index in [1.165, 1.54) is 0 Å². The topological polar surface area (TPSA) is 0 Å². The standard InChI is InChI=1S/C22H12F9.Sn/c1-2-3-22(19-13(26)4-10(23)5-14(19)27,20-15(28)6-11(24)7-16(20)29)21-17(30)8-12(25)9-18(21)31;/h4-9H,1-3H2;. The molecule has 0 bridgehead atoms. The fraction of sp³-hybridized carbons (Fsp3) is 0.182. The van der Waals surface area contributed by atoms with Crippen LogP contribution in [0.3, 0.4) is 0 Å². The summed E-state index contributed by atoms with van der Waals surface area (Å²) in [5.41, 5.74) is -6.65. The van der Waals surface area contributed by atoms with Crippen LogP contribution in [0.15, 0.2) is 36.4 Å². The quantitative estimate of drug-likeness (QED) is 0.179. The second kappa shape index (κ2) is 9.36. The molecule has 0 N–H and O–H groups in total. The maximum absolute atomic E-state index is 15.0. The Bertz CT molecular complexity index is 968. The van der Waals surface area contributed by atoms with Gasteiger partial charge >= 0.3 is 190 Å². The van der Waals surface area contributed by atoms with Gasteiger partial charge < -0.3 is 0 Å². The number of hydrogen-bond donors (Lipinski definition) is 0. The van der Waals surface area contributed by atoms with Crippen molar-refractivity contribution in [2.24, 2.45) is 0 Å². The molecule has 0 amide bonds. The van der Waals surface area contributed by atoms with Crippen LogP contribution in [0.4, 0.5) is 39.5 Å². The number of rotatable bonds is 6. The summed E-state index contributed by atoms with van der Waals surface area (Å²) >= 11 is 0.888. The monoisotopic (exact) mass is 567 g/mol. The maximum atomic E-state index is 15.0. The van der Waals surface area contributed by atoms with Crippen LogP contribution in [0.1, 0.15) is 29.5 Å². The third-order valence-corrected chi connectivity index (χ3v) is 6.04. The Morgan fingerprint density at radius 3 is 0.969 bits per heavy atom. The first-order valence-electron chi connectivity index (χ1n) is 9.12. The number of halogens is 9. The van der Waals surface area contributed by atoms with Crippen LogP contribution >= 0.6 is 0 Å². The van der Waals surface area contributed by atoms with Crippen molar-refractivity contribution in [3.63, 3.8) is 0 Å². The van der Waals surface area contributed by atoms with Gasteiger partial charge in [0, 0.05) is 0 Å².